The molecule has 1 heterocycles. The van der Waals surface area contributed by atoms with Gasteiger partial charge in [0.15, 0.2) is 6.61 Å². The summed E-state index contributed by atoms with van der Waals surface area (Å²) in [6.45, 7) is -0.633. The third-order valence-corrected chi connectivity index (χ3v) is 4.25. The average Bonchev–Trinajstić information content (AvgIpc) is 3.01. The van der Waals surface area contributed by atoms with Crippen LogP contribution in [0.1, 0.15) is 15.4 Å². The lowest BCUT2D eigenvalue weighted by Gasteiger charge is -2.03. The van der Waals surface area contributed by atoms with Crippen molar-refractivity contribution >= 4 is 39.4 Å². The van der Waals surface area contributed by atoms with Crippen molar-refractivity contribution in [2.75, 3.05) is 6.61 Å². The van der Waals surface area contributed by atoms with Gasteiger partial charge in [-0.1, -0.05) is 12.1 Å². The van der Waals surface area contributed by atoms with Gasteiger partial charge in [-0.25, -0.2) is 18.6 Å². The van der Waals surface area contributed by atoms with E-state index in [-0.39, 0.29) is 5.56 Å². The second-order valence-electron chi connectivity index (χ2n) is 5.01. The maximum Gasteiger partial charge on any atom is 0.331 e. The highest BCUT2D eigenvalue weighted by molar-refractivity contribution is 7.19. The summed E-state index contributed by atoms with van der Waals surface area (Å²) >= 11 is 1.41. The van der Waals surface area contributed by atoms with E-state index in [4.69, 9.17) is 4.74 Å². The topological polar surface area (TPSA) is 56.3 Å². The van der Waals surface area contributed by atoms with Gasteiger partial charge in [0.25, 0.3) is 0 Å². The molecule has 0 fully saturated rings. The lowest BCUT2D eigenvalue weighted by atomic mass is 10.1. The molecule has 126 valence electrons. The molecule has 0 atom stereocenters. The minimum Gasteiger partial charge on any atom is -0.454 e. The van der Waals surface area contributed by atoms with Gasteiger partial charge in [-0.15, -0.1) is 11.3 Å². The number of carbonyl (C=O) groups is 2. The van der Waals surface area contributed by atoms with Crippen molar-refractivity contribution in [2.24, 2.45) is 0 Å². The summed E-state index contributed by atoms with van der Waals surface area (Å²) < 4.78 is 32.1. The Hall–Kier alpha value is -2.93. The molecule has 3 rings (SSSR count). The van der Waals surface area contributed by atoms with Crippen LogP contribution in [0.4, 0.5) is 8.78 Å². The lowest BCUT2D eigenvalue weighted by molar-refractivity contribution is -0.136. The van der Waals surface area contributed by atoms with Crippen LogP contribution in [-0.2, 0) is 9.53 Å². The van der Waals surface area contributed by atoms with Crippen LogP contribution in [0.25, 0.3) is 16.3 Å². The van der Waals surface area contributed by atoms with Crippen molar-refractivity contribution in [2.45, 2.75) is 0 Å². The number of ketones is 1. The van der Waals surface area contributed by atoms with Gasteiger partial charge in [-0.3, -0.25) is 4.79 Å². The number of fused-ring (bicyclic) bond motifs is 1. The SMILES string of the molecule is O=C(/C=C/c1nc2ccccc2s1)OCC(=O)c1ccc(F)cc1F. The number of rotatable bonds is 5. The Kier molecular flexibility index (Phi) is 4.95. The van der Waals surface area contributed by atoms with Crippen LogP contribution in [-0.4, -0.2) is 23.3 Å². The van der Waals surface area contributed by atoms with E-state index in [1.807, 2.05) is 24.3 Å². The van der Waals surface area contributed by atoms with Gasteiger partial charge in [-0.05, 0) is 30.3 Å². The van der Waals surface area contributed by atoms with E-state index in [1.165, 1.54) is 17.4 Å². The Balaban J connectivity index is 1.59. The third kappa shape index (κ3) is 4.13. The van der Waals surface area contributed by atoms with Crippen molar-refractivity contribution in [3.63, 3.8) is 0 Å². The highest BCUT2D eigenvalue weighted by Crippen LogP contribution is 2.22. The lowest BCUT2D eigenvalue weighted by Crippen LogP contribution is -2.14. The van der Waals surface area contributed by atoms with Gasteiger partial charge in [-0.2, -0.15) is 0 Å². The number of carbonyl (C=O) groups excluding carboxylic acids is 2. The molecule has 0 aliphatic heterocycles. The molecule has 0 aliphatic carbocycles. The molecular weight excluding hydrogens is 348 g/mol. The van der Waals surface area contributed by atoms with Crippen molar-refractivity contribution in [1.82, 2.24) is 4.98 Å². The molecular formula is C18H11F2NO3S. The molecule has 3 aromatic rings. The van der Waals surface area contributed by atoms with Crippen LogP contribution in [0.15, 0.2) is 48.5 Å². The number of esters is 1. The number of aromatic nitrogens is 1. The second kappa shape index (κ2) is 7.31. The highest BCUT2D eigenvalue weighted by Gasteiger charge is 2.14. The molecule has 7 heteroatoms. The summed E-state index contributed by atoms with van der Waals surface area (Å²) in [7, 11) is 0. The molecule has 25 heavy (non-hydrogen) atoms. The first-order valence-corrected chi connectivity index (χ1v) is 8.03. The van der Waals surface area contributed by atoms with Gasteiger partial charge >= 0.3 is 5.97 Å². The summed E-state index contributed by atoms with van der Waals surface area (Å²) in [5, 5.41) is 0.619. The highest BCUT2D eigenvalue weighted by atomic mass is 32.1. The maximum atomic E-state index is 13.5. The van der Waals surface area contributed by atoms with Crippen LogP contribution in [0.3, 0.4) is 0 Å². The van der Waals surface area contributed by atoms with Crippen LogP contribution in [0, 0.1) is 11.6 Å². The van der Waals surface area contributed by atoms with E-state index in [0.29, 0.717) is 11.1 Å². The summed E-state index contributed by atoms with van der Waals surface area (Å²) in [5.41, 5.74) is 0.492. The van der Waals surface area contributed by atoms with Gasteiger partial charge in [0.1, 0.15) is 16.6 Å². The number of Topliss-reactive ketones (excluding diaryl/α,β-unsaturated/α-hetero) is 1. The maximum absolute atomic E-state index is 13.5. The number of nitrogens with zero attached hydrogens (tertiary/aromatic N) is 1. The molecule has 4 nitrogen and oxygen atoms in total. The molecule has 0 spiro atoms. The molecule has 0 unspecified atom stereocenters. The number of para-hydroxylation sites is 1. The molecule has 0 saturated heterocycles. The van der Waals surface area contributed by atoms with Crippen molar-refractivity contribution in [3.8, 4) is 0 Å². The zero-order chi connectivity index (χ0) is 17.8. The normalized spacial score (nSPS) is 11.1. The Bertz CT molecular complexity index is 948. The summed E-state index contributed by atoms with van der Waals surface area (Å²) in [6.07, 6.45) is 2.63. The number of halogens is 2. The number of ether oxygens (including phenoxy) is 1. The van der Waals surface area contributed by atoms with E-state index < -0.39 is 30.0 Å². The third-order valence-electron chi connectivity index (χ3n) is 3.25. The van der Waals surface area contributed by atoms with Gasteiger partial charge in [0.05, 0.1) is 15.8 Å². The van der Waals surface area contributed by atoms with Crippen molar-refractivity contribution in [3.05, 3.63) is 70.7 Å². The molecule has 0 N–H and O–H groups in total. The monoisotopic (exact) mass is 359 g/mol. The van der Waals surface area contributed by atoms with Crippen LogP contribution < -0.4 is 0 Å². The second-order valence-corrected chi connectivity index (χ2v) is 6.07. The van der Waals surface area contributed by atoms with Gasteiger partial charge in [0.2, 0.25) is 5.78 Å². The first kappa shape index (κ1) is 16.9. The predicted octanol–water partition coefficient (Wildman–Crippen LogP) is 4.01. The van der Waals surface area contributed by atoms with E-state index in [1.54, 1.807) is 0 Å². The van der Waals surface area contributed by atoms with E-state index >= 15 is 0 Å². The van der Waals surface area contributed by atoms with Gasteiger partial charge < -0.3 is 4.74 Å². The van der Waals surface area contributed by atoms with E-state index in [9.17, 15) is 18.4 Å². The Labute approximate surface area is 145 Å². The van der Waals surface area contributed by atoms with Gasteiger partial charge in [0, 0.05) is 12.1 Å². The smallest absolute Gasteiger partial charge is 0.331 e. The van der Waals surface area contributed by atoms with Crippen LogP contribution in [0.5, 0.6) is 0 Å². The summed E-state index contributed by atoms with van der Waals surface area (Å²) in [6, 6.07) is 10.1. The number of hydrogen-bond donors (Lipinski definition) is 0. The minimum absolute atomic E-state index is 0.329. The van der Waals surface area contributed by atoms with E-state index in [0.717, 1.165) is 28.4 Å². The molecule has 0 saturated carbocycles. The predicted molar refractivity (Wildman–Crippen MR) is 90.3 cm³/mol. The zero-order valence-corrected chi connectivity index (χ0v) is 13.6. The summed E-state index contributed by atoms with van der Waals surface area (Å²) in [5.74, 6) is -3.29. The fraction of sp³-hybridized carbons (Fsp3) is 0.0556. The molecule has 0 aliphatic rings. The summed E-state index contributed by atoms with van der Waals surface area (Å²) in [4.78, 5) is 27.8. The first-order chi connectivity index (χ1) is 12.0. The molecule has 1 aromatic heterocycles. The van der Waals surface area contributed by atoms with Crippen molar-refractivity contribution < 1.29 is 23.1 Å². The molecule has 0 bridgehead atoms. The zero-order valence-electron chi connectivity index (χ0n) is 12.7. The number of hydrogen-bond acceptors (Lipinski definition) is 5. The Morgan fingerprint density at radius 1 is 1.16 bits per heavy atom. The average molecular weight is 359 g/mol. The molecule has 0 radical (unpaired) electrons. The Morgan fingerprint density at radius 3 is 2.72 bits per heavy atom. The van der Waals surface area contributed by atoms with Crippen LogP contribution in [0.2, 0.25) is 0 Å². The van der Waals surface area contributed by atoms with E-state index in [2.05, 4.69) is 4.98 Å². The first-order valence-electron chi connectivity index (χ1n) is 7.21. The fourth-order valence-electron chi connectivity index (χ4n) is 2.08. The largest absolute Gasteiger partial charge is 0.454 e. The quantitative estimate of drug-likeness (QED) is 0.392. The standard InChI is InChI=1S/C18H11F2NO3S/c19-11-5-6-12(13(20)9-11)15(22)10-24-18(23)8-7-17-21-14-3-1-2-4-16(14)25-17/h1-9H,10H2/b8-7+. The molecule has 0 amide bonds. The van der Waals surface area contributed by atoms with Crippen molar-refractivity contribution in [1.29, 1.82) is 0 Å². The fourth-order valence-corrected chi connectivity index (χ4v) is 2.95. The Morgan fingerprint density at radius 2 is 1.96 bits per heavy atom. The molecule has 2 aromatic carbocycles. The number of thiazole rings is 1. The minimum atomic E-state index is -0.994. The number of benzene rings is 2. The van der Waals surface area contributed by atoms with Crippen LogP contribution >= 0.6 is 11.3 Å².